The molecule has 2 aromatic rings. The molecule has 0 fully saturated rings. The molecule has 112 valence electrons. The molecule has 0 aromatic heterocycles. The highest BCUT2D eigenvalue weighted by Gasteiger charge is 2.22. The molecule has 0 N–H and O–H groups in total. The molecule has 0 aliphatic heterocycles. The molecule has 0 atom stereocenters. The minimum absolute atomic E-state index is 0.0227. The molecule has 21 heavy (non-hydrogen) atoms. The highest BCUT2D eigenvalue weighted by molar-refractivity contribution is 7.86. The van der Waals surface area contributed by atoms with Gasteiger partial charge in [-0.3, -0.25) is 4.18 Å². The van der Waals surface area contributed by atoms with E-state index in [1.807, 2.05) is 0 Å². The van der Waals surface area contributed by atoms with Crippen molar-refractivity contribution in [3.63, 3.8) is 0 Å². The van der Waals surface area contributed by atoms with E-state index in [0.717, 1.165) is 7.11 Å². The van der Waals surface area contributed by atoms with Crippen molar-refractivity contribution < 1.29 is 12.6 Å². The molecule has 0 bridgehead atoms. The van der Waals surface area contributed by atoms with Crippen LogP contribution >= 0.6 is 46.4 Å². The van der Waals surface area contributed by atoms with E-state index in [1.54, 1.807) is 12.1 Å². The molecule has 0 radical (unpaired) electrons. The van der Waals surface area contributed by atoms with E-state index in [-0.39, 0.29) is 14.9 Å². The first-order valence-electron chi connectivity index (χ1n) is 5.51. The van der Waals surface area contributed by atoms with Crippen LogP contribution in [0.1, 0.15) is 0 Å². The van der Waals surface area contributed by atoms with Gasteiger partial charge < -0.3 is 0 Å². The standard InChI is InChI=1S/C13H8Cl4O3S/c1-20-21(18,19)12-6-8(15)4-10(13(12)17)9-3-2-7(14)5-11(9)16/h2-6H,1H3. The Morgan fingerprint density at radius 1 is 0.905 bits per heavy atom. The molecule has 0 heterocycles. The number of benzene rings is 2. The van der Waals surface area contributed by atoms with Crippen molar-refractivity contribution in [2.24, 2.45) is 0 Å². The van der Waals surface area contributed by atoms with Gasteiger partial charge in [-0.05, 0) is 24.3 Å². The number of halogens is 4. The quantitative estimate of drug-likeness (QED) is 0.673. The van der Waals surface area contributed by atoms with Crippen molar-refractivity contribution in [2.75, 3.05) is 7.11 Å². The van der Waals surface area contributed by atoms with Crippen LogP contribution in [-0.4, -0.2) is 15.5 Å². The maximum Gasteiger partial charge on any atom is 0.298 e. The normalized spacial score (nSPS) is 11.7. The molecule has 0 aliphatic rings. The number of hydrogen-bond acceptors (Lipinski definition) is 3. The van der Waals surface area contributed by atoms with Crippen LogP contribution in [-0.2, 0) is 14.3 Å². The number of rotatable bonds is 3. The largest absolute Gasteiger partial charge is 0.298 e. The van der Waals surface area contributed by atoms with Crippen LogP contribution < -0.4 is 0 Å². The fraction of sp³-hybridized carbons (Fsp3) is 0.0769. The summed E-state index contributed by atoms with van der Waals surface area (Å²) in [5.74, 6) is 0. The van der Waals surface area contributed by atoms with Crippen molar-refractivity contribution in [2.45, 2.75) is 4.90 Å². The lowest BCUT2D eigenvalue weighted by Crippen LogP contribution is -2.04. The van der Waals surface area contributed by atoms with Gasteiger partial charge in [0.05, 0.1) is 12.1 Å². The summed E-state index contributed by atoms with van der Waals surface area (Å²) < 4.78 is 28.2. The average Bonchev–Trinajstić information content (AvgIpc) is 2.41. The molecule has 8 heteroatoms. The van der Waals surface area contributed by atoms with Crippen LogP contribution in [0.4, 0.5) is 0 Å². The predicted molar refractivity (Wildman–Crippen MR) is 86.1 cm³/mol. The van der Waals surface area contributed by atoms with Gasteiger partial charge in [0.25, 0.3) is 10.1 Å². The lowest BCUT2D eigenvalue weighted by Gasteiger charge is -2.12. The second-order valence-electron chi connectivity index (χ2n) is 4.01. The highest BCUT2D eigenvalue weighted by Crippen LogP contribution is 2.40. The number of hydrogen-bond donors (Lipinski definition) is 0. The van der Waals surface area contributed by atoms with Gasteiger partial charge in [-0.25, -0.2) is 0 Å². The molecular formula is C13H8Cl4O3S. The van der Waals surface area contributed by atoms with E-state index < -0.39 is 10.1 Å². The molecule has 0 spiro atoms. The maximum atomic E-state index is 11.9. The lowest BCUT2D eigenvalue weighted by atomic mass is 10.1. The third-order valence-corrected chi connectivity index (χ3v) is 5.30. The van der Waals surface area contributed by atoms with E-state index in [2.05, 4.69) is 4.18 Å². The smallest absolute Gasteiger partial charge is 0.270 e. The van der Waals surface area contributed by atoms with E-state index >= 15 is 0 Å². The molecule has 3 nitrogen and oxygen atoms in total. The fourth-order valence-corrected chi connectivity index (χ4v) is 3.81. The topological polar surface area (TPSA) is 43.4 Å². The van der Waals surface area contributed by atoms with Gasteiger partial charge in [-0.15, -0.1) is 0 Å². The molecule has 0 saturated heterocycles. The Labute approximate surface area is 142 Å². The van der Waals surface area contributed by atoms with Crippen LogP contribution in [0.15, 0.2) is 35.2 Å². The molecular weight excluding hydrogens is 378 g/mol. The fourth-order valence-electron chi connectivity index (χ4n) is 1.74. The Morgan fingerprint density at radius 3 is 2.14 bits per heavy atom. The predicted octanol–water partition coefficient (Wildman–Crippen LogP) is 5.30. The summed E-state index contributed by atoms with van der Waals surface area (Å²) in [7, 11) is -2.95. The minimum atomic E-state index is -3.99. The van der Waals surface area contributed by atoms with E-state index in [4.69, 9.17) is 46.4 Å². The summed E-state index contributed by atoms with van der Waals surface area (Å²) in [6, 6.07) is 7.51. The van der Waals surface area contributed by atoms with Crippen molar-refractivity contribution in [3.05, 3.63) is 50.4 Å². The summed E-state index contributed by atoms with van der Waals surface area (Å²) in [6.07, 6.45) is 0. The van der Waals surface area contributed by atoms with Gasteiger partial charge in [0.2, 0.25) is 0 Å². The first-order chi connectivity index (χ1) is 9.76. The van der Waals surface area contributed by atoms with Gasteiger partial charge in [0, 0.05) is 26.2 Å². The molecule has 0 unspecified atom stereocenters. The van der Waals surface area contributed by atoms with Crippen LogP contribution in [0, 0.1) is 0 Å². The zero-order valence-electron chi connectivity index (χ0n) is 10.5. The second kappa shape index (κ2) is 6.32. The summed E-state index contributed by atoms with van der Waals surface area (Å²) in [5, 5.41) is 0.945. The molecule has 0 saturated carbocycles. The first kappa shape index (κ1) is 16.9. The Balaban J connectivity index is 2.77. The van der Waals surface area contributed by atoms with E-state index in [9.17, 15) is 8.42 Å². The summed E-state index contributed by atoms with van der Waals surface area (Å²) in [6.45, 7) is 0. The van der Waals surface area contributed by atoms with Crippen LogP contribution in [0.3, 0.4) is 0 Å². The summed E-state index contributed by atoms with van der Waals surface area (Å²) in [4.78, 5) is -0.222. The van der Waals surface area contributed by atoms with Crippen LogP contribution in [0.5, 0.6) is 0 Å². The Bertz CT molecular complexity index is 803. The van der Waals surface area contributed by atoms with E-state index in [1.165, 1.54) is 18.2 Å². The van der Waals surface area contributed by atoms with Gasteiger partial charge in [-0.2, -0.15) is 8.42 Å². The van der Waals surface area contributed by atoms with Gasteiger partial charge in [0.1, 0.15) is 4.90 Å². The third kappa shape index (κ3) is 3.47. The van der Waals surface area contributed by atoms with Crippen molar-refractivity contribution >= 4 is 56.5 Å². The molecule has 2 aromatic carbocycles. The maximum absolute atomic E-state index is 11.9. The average molecular weight is 386 g/mol. The summed E-state index contributed by atoms with van der Waals surface area (Å²) in [5.41, 5.74) is 0.891. The second-order valence-corrected chi connectivity index (χ2v) is 7.35. The monoisotopic (exact) mass is 384 g/mol. The Kier molecular flexibility index (Phi) is 5.08. The highest BCUT2D eigenvalue weighted by atomic mass is 35.5. The van der Waals surface area contributed by atoms with Crippen LogP contribution in [0.2, 0.25) is 20.1 Å². The zero-order chi connectivity index (χ0) is 15.8. The van der Waals surface area contributed by atoms with E-state index in [0.29, 0.717) is 21.2 Å². The summed E-state index contributed by atoms with van der Waals surface area (Å²) >= 11 is 24.1. The van der Waals surface area contributed by atoms with Gasteiger partial charge in [0.15, 0.2) is 0 Å². The Morgan fingerprint density at radius 2 is 1.57 bits per heavy atom. The zero-order valence-corrected chi connectivity index (χ0v) is 14.4. The van der Waals surface area contributed by atoms with Crippen molar-refractivity contribution in [1.82, 2.24) is 0 Å². The lowest BCUT2D eigenvalue weighted by molar-refractivity contribution is 0.398. The van der Waals surface area contributed by atoms with Crippen LogP contribution in [0.25, 0.3) is 11.1 Å². The molecule has 0 amide bonds. The van der Waals surface area contributed by atoms with Gasteiger partial charge >= 0.3 is 0 Å². The SMILES string of the molecule is COS(=O)(=O)c1cc(Cl)cc(-c2ccc(Cl)cc2Cl)c1Cl. The molecule has 2 rings (SSSR count). The third-order valence-electron chi connectivity index (χ3n) is 2.71. The minimum Gasteiger partial charge on any atom is -0.270 e. The van der Waals surface area contributed by atoms with Gasteiger partial charge in [-0.1, -0.05) is 52.5 Å². The Hall–Kier alpha value is -0.490. The molecule has 0 aliphatic carbocycles. The van der Waals surface area contributed by atoms with Crippen molar-refractivity contribution in [1.29, 1.82) is 0 Å². The van der Waals surface area contributed by atoms with Crippen molar-refractivity contribution in [3.8, 4) is 11.1 Å². The first-order valence-corrected chi connectivity index (χ1v) is 8.43.